The van der Waals surface area contributed by atoms with E-state index in [4.69, 9.17) is 14.6 Å². The Morgan fingerprint density at radius 3 is 1.88 bits per heavy atom. The summed E-state index contributed by atoms with van der Waals surface area (Å²) in [5.74, 6) is -0.968. The molecule has 8 heteroatoms. The fourth-order valence-electron chi connectivity index (χ4n) is 2.41. The van der Waals surface area contributed by atoms with E-state index in [0.717, 1.165) is 0 Å². The van der Waals surface area contributed by atoms with Gasteiger partial charge in [0.2, 0.25) is 0 Å². The van der Waals surface area contributed by atoms with Crippen molar-refractivity contribution in [2.75, 3.05) is 0 Å². The fourth-order valence-corrected chi connectivity index (χ4v) is 2.41. The van der Waals surface area contributed by atoms with Crippen molar-refractivity contribution >= 4 is 18.2 Å². The number of nitrogens with one attached hydrogen (secondary N) is 2. The first-order valence-electron chi connectivity index (χ1n) is 8.45. The highest BCUT2D eigenvalue weighted by atomic mass is 16.6. The SMILES string of the molecule is CC(C)(C)OC(=O)NC(CCC(=O)O)C1(NC(=O)OC(C)(C)C)CC1. The average molecular weight is 358 g/mol. The normalized spacial score (nSPS) is 17.2. The molecule has 1 rings (SSSR count). The van der Waals surface area contributed by atoms with Crippen LogP contribution in [0, 0.1) is 0 Å². The van der Waals surface area contributed by atoms with Crippen molar-refractivity contribution < 1.29 is 29.0 Å². The predicted octanol–water partition coefficient (Wildman–Crippen LogP) is 2.80. The maximum Gasteiger partial charge on any atom is 0.408 e. The molecule has 2 amide bonds. The molecule has 1 atom stereocenters. The van der Waals surface area contributed by atoms with E-state index in [1.165, 1.54) is 0 Å². The van der Waals surface area contributed by atoms with E-state index in [1.54, 1.807) is 41.5 Å². The minimum atomic E-state index is -0.968. The number of alkyl carbamates (subject to hydrolysis) is 2. The molecule has 0 saturated heterocycles. The van der Waals surface area contributed by atoms with Crippen LogP contribution in [-0.2, 0) is 14.3 Å². The largest absolute Gasteiger partial charge is 0.481 e. The summed E-state index contributed by atoms with van der Waals surface area (Å²) in [6.07, 6.45) is 0.0952. The van der Waals surface area contributed by atoms with Crippen molar-refractivity contribution in [1.82, 2.24) is 10.6 Å². The minimum absolute atomic E-state index is 0.127. The summed E-state index contributed by atoms with van der Waals surface area (Å²) in [5.41, 5.74) is -2.01. The summed E-state index contributed by atoms with van der Waals surface area (Å²) in [5, 5.41) is 14.4. The number of aliphatic carboxylic acids is 1. The second-order valence-corrected chi connectivity index (χ2v) is 8.41. The predicted molar refractivity (Wildman–Crippen MR) is 91.4 cm³/mol. The van der Waals surface area contributed by atoms with Crippen LogP contribution in [0.1, 0.15) is 67.2 Å². The van der Waals surface area contributed by atoms with E-state index in [9.17, 15) is 14.4 Å². The molecule has 0 heterocycles. The number of rotatable bonds is 6. The summed E-state index contributed by atoms with van der Waals surface area (Å²) in [4.78, 5) is 35.1. The van der Waals surface area contributed by atoms with Gasteiger partial charge in [0.25, 0.3) is 0 Å². The lowest BCUT2D eigenvalue weighted by molar-refractivity contribution is -0.137. The smallest absolute Gasteiger partial charge is 0.408 e. The maximum atomic E-state index is 12.1. The Kier molecular flexibility index (Phi) is 6.31. The molecule has 0 aromatic heterocycles. The van der Waals surface area contributed by atoms with E-state index in [1.807, 2.05) is 0 Å². The molecule has 25 heavy (non-hydrogen) atoms. The number of carboxylic acid groups (broad SMARTS) is 1. The first-order valence-corrected chi connectivity index (χ1v) is 8.45. The third-order valence-corrected chi connectivity index (χ3v) is 3.54. The van der Waals surface area contributed by atoms with Crippen molar-refractivity contribution in [1.29, 1.82) is 0 Å². The van der Waals surface area contributed by atoms with Crippen LogP contribution >= 0.6 is 0 Å². The highest BCUT2D eigenvalue weighted by molar-refractivity contribution is 5.72. The van der Waals surface area contributed by atoms with Gasteiger partial charge >= 0.3 is 18.2 Å². The number of amides is 2. The summed E-state index contributed by atoms with van der Waals surface area (Å²) < 4.78 is 10.5. The third-order valence-electron chi connectivity index (χ3n) is 3.54. The molecule has 0 aromatic carbocycles. The fraction of sp³-hybridized carbons (Fsp3) is 0.824. The van der Waals surface area contributed by atoms with Crippen LogP contribution in [0.2, 0.25) is 0 Å². The van der Waals surface area contributed by atoms with Gasteiger partial charge < -0.3 is 25.2 Å². The van der Waals surface area contributed by atoms with Gasteiger partial charge in [0.15, 0.2) is 0 Å². The lowest BCUT2D eigenvalue weighted by Gasteiger charge is -2.31. The van der Waals surface area contributed by atoms with E-state index in [0.29, 0.717) is 12.8 Å². The van der Waals surface area contributed by atoms with Crippen molar-refractivity contribution in [3.8, 4) is 0 Å². The zero-order chi connectivity index (χ0) is 19.5. The second-order valence-electron chi connectivity index (χ2n) is 8.41. The third kappa shape index (κ3) is 8.09. The molecule has 1 unspecified atom stereocenters. The molecule has 8 nitrogen and oxygen atoms in total. The van der Waals surface area contributed by atoms with Gasteiger partial charge in [0.05, 0.1) is 11.6 Å². The molecule has 0 spiro atoms. The van der Waals surface area contributed by atoms with E-state index in [2.05, 4.69) is 10.6 Å². The number of carboxylic acids is 1. The summed E-state index contributed by atoms with van der Waals surface area (Å²) in [6, 6.07) is -0.550. The Morgan fingerprint density at radius 2 is 1.48 bits per heavy atom. The highest BCUT2D eigenvalue weighted by Gasteiger charge is 2.52. The number of hydrogen-bond donors (Lipinski definition) is 3. The lowest BCUT2D eigenvalue weighted by Crippen LogP contribution is -2.55. The van der Waals surface area contributed by atoms with Gasteiger partial charge in [0, 0.05) is 6.42 Å². The van der Waals surface area contributed by atoms with Gasteiger partial charge in [-0.15, -0.1) is 0 Å². The van der Waals surface area contributed by atoms with Gasteiger partial charge in [-0.3, -0.25) is 4.79 Å². The second kappa shape index (κ2) is 7.49. The highest BCUT2D eigenvalue weighted by Crippen LogP contribution is 2.40. The molecule has 3 N–H and O–H groups in total. The van der Waals surface area contributed by atoms with Crippen molar-refractivity contribution in [3.63, 3.8) is 0 Å². The van der Waals surface area contributed by atoms with Gasteiger partial charge in [-0.2, -0.15) is 0 Å². The lowest BCUT2D eigenvalue weighted by atomic mass is 10.0. The number of ether oxygens (including phenoxy) is 2. The molecule has 1 aliphatic rings. The summed E-state index contributed by atoms with van der Waals surface area (Å²) in [7, 11) is 0. The molecule has 1 fully saturated rings. The van der Waals surface area contributed by atoms with Gasteiger partial charge in [-0.05, 0) is 60.8 Å². The Balaban J connectivity index is 2.78. The maximum absolute atomic E-state index is 12.1. The van der Waals surface area contributed by atoms with Crippen molar-refractivity contribution in [3.05, 3.63) is 0 Å². The Labute approximate surface area is 148 Å². The number of carbonyl (C=O) groups is 3. The van der Waals surface area contributed by atoms with Crippen LogP contribution in [0.4, 0.5) is 9.59 Å². The Morgan fingerprint density at radius 1 is 1.00 bits per heavy atom. The van der Waals surface area contributed by atoms with Crippen LogP contribution in [0.3, 0.4) is 0 Å². The van der Waals surface area contributed by atoms with E-state index in [-0.39, 0.29) is 12.8 Å². The van der Waals surface area contributed by atoms with Crippen molar-refractivity contribution in [2.24, 2.45) is 0 Å². The van der Waals surface area contributed by atoms with Crippen LogP contribution < -0.4 is 10.6 Å². The molecule has 0 aromatic rings. The quantitative estimate of drug-likeness (QED) is 0.673. The molecular formula is C17H30N2O6. The van der Waals surface area contributed by atoms with Gasteiger partial charge in [-0.25, -0.2) is 9.59 Å². The topological polar surface area (TPSA) is 114 Å². The molecule has 1 aliphatic carbocycles. The Hall–Kier alpha value is -1.99. The van der Waals surface area contributed by atoms with E-state index < -0.39 is 40.9 Å². The molecular weight excluding hydrogens is 328 g/mol. The molecule has 0 radical (unpaired) electrons. The molecule has 1 saturated carbocycles. The van der Waals surface area contributed by atoms with Gasteiger partial charge in [-0.1, -0.05) is 0 Å². The zero-order valence-electron chi connectivity index (χ0n) is 15.9. The van der Waals surface area contributed by atoms with Crippen LogP contribution in [-0.4, -0.2) is 46.0 Å². The summed E-state index contributed by atoms with van der Waals surface area (Å²) in [6.45, 7) is 10.5. The van der Waals surface area contributed by atoms with Crippen LogP contribution in [0.15, 0.2) is 0 Å². The van der Waals surface area contributed by atoms with Crippen LogP contribution in [0.5, 0.6) is 0 Å². The zero-order valence-corrected chi connectivity index (χ0v) is 15.9. The molecule has 144 valence electrons. The first kappa shape index (κ1) is 21.1. The monoisotopic (exact) mass is 358 g/mol. The number of carbonyl (C=O) groups excluding carboxylic acids is 2. The average Bonchev–Trinajstić information content (AvgIpc) is 3.09. The first-order chi connectivity index (χ1) is 11.2. The number of hydrogen-bond acceptors (Lipinski definition) is 5. The van der Waals surface area contributed by atoms with Crippen molar-refractivity contribution in [2.45, 2.75) is 90.0 Å². The standard InChI is InChI=1S/C17H30N2O6/c1-15(2,3)24-13(22)18-11(7-8-12(20)21)17(9-10-17)19-14(23)25-16(4,5)6/h11H,7-10H2,1-6H3,(H,18,22)(H,19,23)(H,20,21). The Bertz CT molecular complexity index is 514. The van der Waals surface area contributed by atoms with Crippen LogP contribution in [0.25, 0.3) is 0 Å². The molecule has 0 bridgehead atoms. The van der Waals surface area contributed by atoms with Gasteiger partial charge in [0.1, 0.15) is 11.2 Å². The minimum Gasteiger partial charge on any atom is -0.481 e. The molecule has 0 aliphatic heterocycles. The summed E-state index contributed by atoms with van der Waals surface area (Å²) >= 11 is 0. The van der Waals surface area contributed by atoms with E-state index >= 15 is 0 Å².